The van der Waals surface area contributed by atoms with E-state index in [2.05, 4.69) is 21.0 Å². The first-order valence-corrected chi connectivity index (χ1v) is 7.57. The van der Waals surface area contributed by atoms with Gasteiger partial charge in [-0.25, -0.2) is 8.42 Å². The zero-order valence-electron chi connectivity index (χ0n) is 8.85. The lowest BCUT2D eigenvalue weighted by Crippen LogP contribution is -2.38. The van der Waals surface area contributed by atoms with E-state index in [9.17, 15) is 13.5 Å². The quantitative estimate of drug-likeness (QED) is 0.823. The third kappa shape index (κ3) is 2.16. The molecule has 0 unspecified atom stereocenters. The van der Waals surface area contributed by atoms with Crippen molar-refractivity contribution in [3.8, 4) is 0 Å². The fourth-order valence-corrected chi connectivity index (χ4v) is 3.96. The molecule has 0 radical (unpaired) electrons. The van der Waals surface area contributed by atoms with Crippen LogP contribution in [-0.4, -0.2) is 34.8 Å². The normalized spacial score (nSPS) is 23.2. The van der Waals surface area contributed by atoms with Crippen LogP contribution in [0.4, 0.5) is 0 Å². The van der Waals surface area contributed by atoms with Gasteiger partial charge in [0.1, 0.15) is 10.2 Å². The summed E-state index contributed by atoms with van der Waals surface area (Å²) in [7, 11) is -1.23. The lowest BCUT2D eigenvalue weighted by molar-refractivity contribution is 0.0183. The average Bonchev–Trinajstić information content (AvgIpc) is 2.52. The van der Waals surface area contributed by atoms with Gasteiger partial charge in [-0.3, -0.25) is 4.68 Å². The molecule has 0 spiro atoms. The van der Waals surface area contributed by atoms with Gasteiger partial charge < -0.3 is 5.11 Å². The van der Waals surface area contributed by atoms with E-state index in [-0.39, 0.29) is 24.3 Å². The molecule has 2 rings (SSSR count). The summed E-state index contributed by atoms with van der Waals surface area (Å²) in [6.07, 6.45) is 0.475. The van der Waals surface area contributed by atoms with E-state index in [1.807, 2.05) is 0 Å². The highest BCUT2D eigenvalue weighted by atomic mass is 79.9. The van der Waals surface area contributed by atoms with E-state index in [1.165, 1.54) is 0 Å². The van der Waals surface area contributed by atoms with E-state index >= 15 is 0 Å². The largest absolute Gasteiger partial charge is 0.384 e. The van der Waals surface area contributed by atoms with Crippen LogP contribution in [0.15, 0.2) is 10.7 Å². The fraction of sp³-hybridized carbons (Fsp3) is 0.667. The first-order chi connectivity index (χ1) is 7.32. The molecule has 2 heterocycles. The van der Waals surface area contributed by atoms with E-state index in [0.29, 0.717) is 10.3 Å². The van der Waals surface area contributed by atoms with E-state index < -0.39 is 15.4 Å². The van der Waals surface area contributed by atoms with Gasteiger partial charge in [0, 0.05) is 7.05 Å². The van der Waals surface area contributed by atoms with Crippen LogP contribution in [0.3, 0.4) is 0 Å². The van der Waals surface area contributed by atoms with E-state index in [0.717, 1.165) is 0 Å². The van der Waals surface area contributed by atoms with Gasteiger partial charge in [-0.2, -0.15) is 5.10 Å². The van der Waals surface area contributed by atoms with Crippen LogP contribution in [0.1, 0.15) is 18.5 Å². The molecule has 0 aromatic carbocycles. The minimum absolute atomic E-state index is 0.0340. The number of nitrogens with zero attached hydrogens (tertiary/aromatic N) is 2. The first-order valence-electron chi connectivity index (χ1n) is 4.95. The molecule has 1 aromatic rings. The van der Waals surface area contributed by atoms with Crippen molar-refractivity contribution >= 4 is 25.8 Å². The summed E-state index contributed by atoms with van der Waals surface area (Å²) in [6, 6.07) is 1.73. The van der Waals surface area contributed by atoms with Gasteiger partial charge in [0.05, 0.1) is 17.2 Å². The van der Waals surface area contributed by atoms with Crippen molar-refractivity contribution < 1.29 is 13.5 Å². The number of rotatable bonds is 1. The molecule has 0 atom stereocenters. The topological polar surface area (TPSA) is 72.2 Å². The summed E-state index contributed by atoms with van der Waals surface area (Å²) in [4.78, 5) is 0. The number of sulfone groups is 1. The minimum atomic E-state index is -2.97. The van der Waals surface area contributed by atoms with Gasteiger partial charge >= 0.3 is 0 Å². The Labute approximate surface area is 103 Å². The lowest BCUT2D eigenvalue weighted by Gasteiger charge is -2.31. The lowest BCUT2D eigenvalue weighted by atomic mass is 9.93. The average molecular weight is 309 g/mol. The van der Waals surface area contributed by atoms with Crippen molar-refractivity contribution in [2.45, 2.75) is 18.4 Å². The molecular formula is C9H13BrN2O3S. The van der Waals surface area contributed by atoms with Crippen LogP contribution in [0.5, 0.6) is 0 Å². The second-order valence-corrected chi connectivity index (χ2v) is 7.28. The van der Waals surface area contributed by atoms with Crippen molar-refractivity contribution in [2.24, 2.45) is 7.05 Å². The smallest absolute Gasteiger partial charge is 0.150 e. The molecule has 5 nitrogen and oxygen atoms in total. The maximum atomic E-state index is 11.3. The Bertz CT molecular complexity index is 495. The Balaban J connectivity index is 2.31. The molecule has 16 heavy (non-hydrogen) atoms. The SMILES string of the molecule is Cn1nc(Br)cc1C1(O)CCS(=O)(=O)CC1. The van der Waals surface area contributed by atoms with Crippen molar-refractivity contribution in [3.05, 3.63) is 16.4 Å². The van der Waals surface area contributed by atoms with Crippen molar-refractivity contribution in [1.29, 1.82) is 0 Å². The molecule has 7 heteroatoms. The molecule has 0 aliphatic carbocycles. The Morgan fingerprint density at radius 2 is 2.06 bits per heavy atom. The molecule has 1 aliphatic heterocycles. The Morgan fingerprint density at radius 3 is 2.50 bits per heavy atom. The van der Waals surface area contributed by atoms with Gasteiger partial charge in [-0.1, -0.05) is 0 Å². The van der Waals surface area contributed by atoms with Crippen molar-refractivity contribution in [1.82, 2.24) is 9.78 Å². The van der Waals surface area contributed by atoms with Crippen molar-refractivity contribution in [3.63, 3.8) is 0 Å². The highest BCUT2D eigenvalue weighted by molar-refractivity contribution is 9.10. The molecule has 0 amide bonds. The second-order valence-electron chi connectivity index (χ2n) is 4.16. The van der Waals surface area contributed by atoms with Crippen LogP contribution in [0, 0.1) is 0 Å². The number of hydrogen-bond acceptors (Lipinski definition) is 4. The van der Waals surface area contributed by atoms with Gasteiger partial charge in [-0.05, 0) is 34.8 Å². The van der Waals surface area contributed by atoms with Gasteiger partial charge in [0.15, 0.2) is 9.84 Å². The second kappa shape index (κ2) is 3.82. The number of aryl methyl sites for hydroxylation is 1. The molecule has 90 valence electrons. The maximum Gasteiger partial charge on any atom is 0.150 e. The molecule has 1 aromatic heterocycles. The summed E-state index contributed by atoms with van der Waals surface area (Å²) in [6.45, 7) is 0. The number of halogens is 1. The van der Waals surface area contributed by atoms with E-state index in [1.54, 1.807) is 17.8 Å². The number of hydrogen-bond donors (Lipinski definition) is 1. The Kier molecular flexibility index (Phi) is 2.88. The predicted octanol–water partition coefficient (Wildman–Crippen LogP) is 0.579. The summed E-state index contributed by atoms with van der Waals surface area (Å²) < 4.78 is 24.9. The van der Waals surface area contributed by atoms with Gasteiger partial charge in [0.2, 0.25) is 0 Å². The molecule has 1 fully saturated rings. The highest BCUT2D eigenvalue weighted by Gasteiger charge is 2.39. The van der Waals surface area contributed by atoms with Crippen molar-refractivity contribution in [2.75, 3.05) is 11.5 Å². The van der Waals surface area contributed by atoms with Crippen LogP contribution in [0.25, 0.3) is 0 Å². The zero-order chi connectivity index (χ0) is 12.0. The monoisotopic (exact) mass is 308 g/mol. The van der Waals surface area contributed by atoms with Crippen LogP contribution < -0.4 is 0 Å². The Hall–Kier alpha value is -0.400. The summed E-state index contributed by atoms with van der Waals surface area (Å²) >= 11 is 3.23. The molecule has 1 N–H and O–H groups in total. The molecule has 1 aliphatic rings. The molecule has 0 bridgehead atoms. The molecule has 1 saturated heterocycles. The standard InChI is InChI=1S/C9H13BrN2O3S/c1-12-7(6-8(10)11-12)9(13)2-4-16(14,15)5-3-9/h6,13H,2-5H2,1H3. The minimum Gasteiger partial charge on any atom is -0.384 e. The first kappa shape index (κ1) is 12.1. The highest BCUT2D eigenvalue weighted by Crippen LogP contribution is 2.34. The van der Waals surface area contributed by atoms with Gasteiger partial charge in [-0.15, -0.1) is 0 Å². The van der Waals surface area contributed by atoms with Gasteiger partial charge in [0.25, 0.3) is 0 Å². The summed E-state index contributed by atoms with van der Waals surface area (Å²) in [5.41, 5.74) is -0.409. The molecule has 0 saturated carbocycles. The summed E-state index contributed by atoms with van der Waals surface area (Å²) in [5, 5.41) is 14.5. The van der Waals surface area contributed by atoms with Crippen LogP contribution in [-0.2, 0) is 22.5 Å². The maximum absolute atomic E-state index is 11.3. The predicted molar refractivity (Wildman–Crippen MR) is 62.7 cm³/mol. The molecular weight excluding hydrogens is 296 g/mol. The zero-order valence-corrected chi connectivity index (χ0v) is 11.3. The number of aromatic nitrogens is 2. The van der Waals surface area contributed by atoms with Crippen LogP contribution in [0.2, 0.25) is 0 Å². The van der Waals surface area contributed by atoms with E-state index in [4.69, 9.17) is 0 Å². The fourth-order valence-electron chi connectivity index (χ4n) is 2.00. The summed E-state index contributed by atoms with van der Waals surface area (Å²) in [5.74, 6) is 0.0681. The third-order valence-electron chi connectivity index (χ3n) is 2.98. The number of aliphatic hydroxyl groups is 1. The third-order valence-corrected chi connectivity index (χ3v) is 5.02. The Morgan fingerprint density at radius 1 is 1.50 bits per heavy atom. The van der Waals surface area contributed by atoms with Crippen LogP contribution >= 0.6 is 15.9 Å².